The predicted molar refractivity (Wildman–Crippen MR) is 111 cm³/mol. The zero-order valence-electron chi connectivity index (χ0n) is 15.5. The predicted octanol–water partition coefficient (Wildman–Crippen LogP) is 3.28. The van der Waals surface area contributed by atoms with Crippen molar-refractivity contribution in [1.82, 2.24) is 30.6 Å². The molecule has 3 aromatic heterocycles. The molecular weight excluding hydrogens is 366 g/mol. The van der Waals surface area contributed by atoms with Crippen molar-refractivity contribution in [3.05, 3.63) is 72.8 Å². The summed E-state index contributed by atoms with van der Waals surface area (Å²) in [6.07, 6.45) is 3.49. The van der Waals surface area contributed by atoms with E-state index in [1.807, 2.05) is 54.6 Å². The van der Waals surface area contributed by atoms with Gasteiger partial charge >= 0.3 is 5.91 Å². The number of benzene rings is 2. The Morgan fingerprint density at radius 1 is 0.966 bits per heavy atom. The molecule has 0 atom stereocenters. The number of H-pyrrole nitrogens is 2. The van der Waals surface area contributed by atoms with Gasteiger partial charge < -0.3 is 5.10 Å². The molecule has 0 aliphatic heterocycles. The van der Waals surface area contributed by atoms with Gasteiger partial charge in [-0.05, 0) is 36.4 Å². The number of aromatic amines is 2. The molecule has 5 rings (SSSR count). The van der Waals surface area contributed by atoms with E-state index in [-0.39, 0.29) is 11.7 Å². The third-order valence-electron chi connectivity index (χ3n) is 4.74. The Balaban J connectivity index is 1.48. The highest BCUT2D eigenvalue weighted by molar-refractivity contribution is 6.02. The van der Waals surface area contributed by atoms with Gasteiger partial charge in [-0.2, -0.15) is 0 Å². The maximum Gasteiger partial charge on any atom is 0.307 e. The maximum atomic E-state index is 12.6. The van der Waals surface area contributed by atoms with E-state index in [1.54, 1.807) is 24.5 Å². The van der Waals surface area contributed by atoms with Crippen LogP contribution in [0.3, 0.4) is 0 Å². The van der Waals surface area contributed by atoms with E-state index in [4.69, 9.17) is 0 Å². The van der Waals surface area contributed by atoms with Crippen LogP contribution in [0.5, 0.6) is 0 Å². The lowest BCUT2D eigenvalue weighted by Crippen LogP contribution is -2.39. The zero-order valence-corrected chi connectivity index (χ0v) is 15.5. The smallest absolute Gasteiger partial charge is 0.300 e. The number of pyridine rings is 1. The molecule has 1 amide bonds. The van der Waals surface area contributed by atoms with Crippen molar-refractivity contribution in [2.24, 2.45) is 0 Å². The molecule has 8 nitrogen and oxygen atoms in total. The Bertz CT molecular complexity index is 1310. The molecule has 5 aromatic rings. The number of fused-ring (bicyclic) bond motifs is 2. The van der Waals surface area contributed by atoms with Crippen LogP contribution in [-0.2, 0) is 0 Å². The van der Waals surface area contributed by atoms with Crippen LogP contribution in [0, 0.1) is 0 Å². The third kappa shape index (κ3) is 3.06. The summed E-state index contributed by atoms with van der Waals surface area (Å²) in [6, 6.07) is 17.2. The van der Waals surface area contributed by atoms with Crippen molar-refractivity contribution in [2.45, 2.75) is 0 Å². The average molecular weight is 383 g/mol. The van der Waals surface area contributed by atoms with Gasteiger partial charge in [0, 0.05) is 30.4 Å². The molecule has 0 aliphatic rings. The summed E-state index contributed by atoms with van der Waals surface area (Å²) in [5, 5.41) is 8.94. The number of anilines is 1. The minimum atomic E-state index is -0.364. The van der Waals surface area contributed by atoms with Crippen molar-refractivity contribution in [2.75, 3.05) is 12.1 Å². The second kappa shape index (κ2) is 6.75. The number of carbonyl (C=O) groups excluding carboxylic acids is 1. The lowest BCUT2D eigenvalue weighted by atomic mass is 10.1. The second-order valence-electron chi connectivity index (χ2n) is 6.63. The minimum absolute atomic E-state index is 0.130. The Morgan fingerprint density at radius 3 is 2.45 bits per heavy atom. The number of nitrogens with one attached hydrogen (secondary N) is 3. The number of hydrazine groups is 1. The number of amides is 1. The summed E-state index contributed by atoms with van der Waals surface area (Å²) in [5.74, 6) is -0.234. The summed E-state index contributed by atoms with van der Waals surface area (Å²) >= 11 is 0. The van der Waals surface area contributed by atoms with E-state index in [2.05, 4.69) is 30.6 Å². The topological polar surface area (TPSA) is 103 Å². The van der Waals surface area contributed by atoms with Crippen LogP contribution in [0.1, 0.15) is 10.6 Å². The molecule has 3 N–H and O–H groups in total. The molecule has 142 valence electrons. The number of rotatable bonds is 4. The number of para-hydroxylation sites is 1. The number of aromatic nitrogens is 5. The van der Waals surface area contributed by atoms with Crippen LogP contribution >= 0.6 is 0 Å². The van der Waals surface area contributed by atoms with Gasteiger partial charge in [-0.25, -0.2) is 9.97 Å². The fourth-order valence-corrected chi connectivity index (χ4v) is 3.28. The quantitative estimate of drug-likeness (QED) is 0.413. The Labute approximate surface area is 165 Å². The van der Waals surface area contributed by atoms with Crippen molar-refractivity contribution < 1.29 is 4.79 Å². The third-order valence-corrected chi connectivity index (χ3v) is 4.74. The van der Waals surface area contributed by atoms with Gasteiger partial charge in [0.2, 0.25) is 5.82 Å². The zero-order chi connectivity index (χ0) is 19.8. The molecule has 2 aromatic carbocycles. The van der Waals surface area contributed by atoms with Crippen LogP contribution < -0.4 is 10.4 Å². The van der Waals surface area contributed by atoms with Gasteiger partial charge in [0.1, 0.15) is 0 Å². The standard InChI is InChI=1S/C21H17N7O/c1-28(14-5-3-2-4-6-14)27-21(29)20-23-17-11-15-16(12-18(17)24-20)25-26-19(15)13-7-9-22-10-8-13/h2-12,25-26H,1H3,(H,27,29). The molecular formula is C21H17N7O. The van der Waals surface area contributed by atoms with E-state index >= 15 is 0 Å². The highest BCUT2D eigenvalue weighted by Crippen LogP contribution is 2.28. The molecule has 0 spiro atoms. The number of hydrogen-bond donors (Lipinski definition) is 3. The van der Waals surface area contributed by atoms with Crippen molar-refractivity contribution in [3.63, 3.8) is 0 Å². The van der Waals surface area contributed by atoms with Gasteiger partial charge in [-0.1, -0.05) is 18.2 Å². The Kier molecular flexibility index (Phi) is 3.94. The van der Waals surface area contributed by atoms with Gasteiger partial charge in [0.25, 0.3) is 0 Å². The van der Waals surface area contributed by atoms with Crippen LogP contribution in [-0.4, -0.2) is 38.1 Å². The molecule has 0 bridgehead atoms. The first-order valence-corrected chi connectivity index (χ1v) is 9.07. The summed E-state index contributed by atoms with van der Waals surface area (Å²) in [6.45, 7) is 0. The summed E-state index contributed by atoms with van der Waals surface area (Å²) < 4.78 is 0. The fourth-order valence-electron chi connectivity index (χ4n) is 3.28. The molecule has 8 heteroatoms. The molecule has 0 saturated carbocycles. The van der Waals surface area contributed by atoms with E-state index in [9.17, 15) is 4.79 Å². The molecule has 3 heterocycles. The number of carbonyl (C=O) groups is 1. The summed E-state index contributed by atoms with van der Waals surface area (Å²) in [5.41, 5.74) is 7.80. The first-order valence-electron chi connectivity index (χ1n) is 9.07. The van der Waals surface area contributed by atoms with E-state index in [0.717, 1.165) is 27.8 Å². The highest BCUT2D eigenvalue weighted by Gasteiger charge is 2.17. The largest absolute Gasteiger partial charge is 0.307 e. The average Bonchev–Trinajstić information content (AvgIpc) is 3.36. The van der Waals surface area contributed by atoms with Gasteiger partial charge in [0.05, 0.1) is 27.9 Å². The summed E-state index contributed by atoms with van der Waals surface area (Å²) in [7, 11) is 1.77. The lowest BCUT2D eigenvalue weighted by Gasteiger charge is -2.19. The minimum Gasteiger partial charge on any atom is -0.300 e. The molecule has 0 fully saturated rings. The molecule has 0 saturated heterocycles. The molecule has 0 unspecified atom stereocenters. The number of hydrogen-bond acceptors (Lipinski definition) is 5. The molecule has 29 heavy (non-hydrogen) atoms. The van der Waals surface area contributed by atoms with Crippen molar-refractivity contribution in [3.8, 4) is 11.3 Å². The van der Waals surface area contributed by atoms with Gasteiger partial charge in [-0.3, -0.25) is 25.3 Å². The van der Waals surface area contributed by atoms with Crippen LogP contribution in [0.4, 0.5) is 5.69 Å². The SMILES string of the molecule is CN(NC(=O)c1nc2cc3[nH][nH]c(-c4ccncc4)c3cc2n1)c1ccccc1. The monoisotopic (exact) mass is 383 g/mol. The first kappa shape index (κ1) is 16.9. The normalized spacial score (nSPS) is 11.1. The molecule has 0 radical (unpaired) electrons. The van der Waals surface area contributed by atoms with Crippen LogP contribution in [0.15, 0.2) is 67.0 Å². The van der Waals surface area contributed by atoms with Crippen LogP contribution in [0.25, 0.3) is 33.2 Å². The Hall–Kier alpha value is -4.20. The summed E-state index contributed by atoms with van der Waals surface area (Å²) in [4.78, 5) is 25.5. The van der Waals surface area contributed by atoms with Crippen LogP contribution in [0.2, 0.25) is 0 Å². The van der Waals surface area contributed by atoms with E-state index in [1.165, 1.54) is 0 Å². The second-order valence-corrected chi connectivity index (χ2v) is 6.63. The van der Waals surface area contributed by atoms with Gasteiger partial charge in [0.15, 0.2) is 0 Å². The molecule has 0 aliphatic carbocycles. The number of imidazole rings is 1. The van der Waals surface area contributed by atoms with E-state index in [0.29, 0.717) is 11.0 Å². The highest BCUT2D eigenvalue weighted by atomic mass is 16.2. The van der Waals surface area contributed by atoms with Gasteiger partial charge in [-0.15, -0.1) is 0 Å². The van der Waals surface area contributed by atoms with Crippen molar-refractivity contribution in [1.29, 1.82) is 0 Å². The fraction of sp³-hybridized carbons (Fsp3) is 0.0476. The Morgan fingerprint density at radius 2 is 1.69 bits per heavy atom. The van der Waals surface area contributed by atoms with E-state index < -0.39 is 0 Å². The van der Waals surface area contributed by atoms with Crippen molar-refractivity contribution >= 4 is 33.5 Å². The lowest BCUT2D eigenvalue weighted by molar-refractivity contribution is 0.0942. The first-order chi connectivity index (χ1) is 14.2. The number of nitrogens with zero attached hydrogens (tertiary/aromatic N) is 4. The maximum absolute atomic E-state index is 12.6.